The van der Waals surface area contributed by atoms with E-state index in [2.05, 4.69) is 42.6 Å². The average Bonchev–Trinajstić information content (AvgIpc) is 3.15. The molecule has 5 nitrogen and oxygen atoms in total. The van der Waals surface area contributed by atoms with E-state index in [9.17, 15) is 4.79 Å². The Morgan fingerprint density at radius 1 is 1.43 bits per heavy atom. The molecule has 1 aliphatic heterocycles. The van der Waals surface area contributed by atoms with E-state index in [4.69, 9.17) is 0 Å². The van der Waals surface area contributed by atoms with Gasteiger partial charge in [-0.15, -0.1) is 11.3 Å². The van der Waals surface area contributed by atoms with E-state index >= 15 is 0 Å². The van der Waals surface area contributed by atoms with Crippen LogP contribution in [0.4, 0.5) is 0 Å². The first-order valence-electron chi connectivity index (χ1n) is 8.23. The fourth-order valence-electron chi connectivity index (χ4n) is 2.94. The van der Waals surface area contributed by atoms with Crippen LogP contribution in [0.25, 0.3) is 0 Å². The molecule has 1 N–H and O–H groups in total. The van der Waals surface area contributed by atoms with Crippen LogP contribution in [-0.2, 0) is 0 Å². The number of carbonyl (C=O) groups excluding carboxylic acids is 1. The molecule has 6 heteroatoms. The number of nitrogens with one attached hydrogen (secondary N) is 1. The van der Waals surface area contributed by atoms with Crippen LogP contribution in [0.2, 0.25) is 0 Å². The summed E-state index contributed by atoms with van der Waals surface area (Å²) < 4.78 is 0. The number of aryl methyl sites for hydroxylation is 2. The number of hydrogen-bond donors (Lipinski definition) is 1. The predicted molar refractivity (Wildman–Crippen MR) is 92.1 cm³/mol. The molecule has 0 aromatic carbocycles. The molecule has 3 heterocycles. The Morgan fingerprint density at radius 3 is 2.83 bits per heavy atom. The van der Waals surface area contributed by atoms with Gasteiger partial charge in [-0.3, -0.25) is 4.79 Å². The van der Waals surface area contributed by atoms with Gasteiger partial charge in [0.2, 0.25) is 0 Å². The summed E-state index contributed by atoms with van der Waals surface area (Å²) in [4.78, 5) is 28.1. The smallest absolute Gasteiger partial charge is 0.271 e. The highest BCUT2D eigenvalue weighted by Crippen LogP contribution is 2.31. The number of nitrogens with zero attached hydrogens (tertiary/aromatic N) is 3. The van der Waals surface area contributed by atoms with Crippen molar-refractivity contribution < 1.29 is 4.79 Å². The number of H-pyrrole nitrogens is 1. The summed E-state index contributed by atoms with van der Waals surface area (Å²) in [6.07, 6.45) is 3.80. The summed E-state index contributed by atoms with van der Waals surface area (Å²) in [5.74, 6) is 1.58. The van der Waals surface area contributed by atoms with Crippen LogP contribution >= 0.6 is 11.3 Å². The number of aromatic amines is 1. The molecule has 2 aromatic heterocycles. The van der Waals surface area contributed by atoms with E-state index in [1.807, 2.05) is 4.90 Å². The van der Waals surface area contributed by atoms with Crippen molar-refractivity contribution in [3.8, 4) is 0 Å². The van der Waals surface area contributed by atoms with E-state index in [0.717, 1.165) is 37.4 Å². The molecule has 0 bridgehead atoms. The molecule has 1 aliphatic rings. The molecule has 1 unspecified atom stereocenters. The number of piperidine rings is 1. The van der Waals surface area contributed by atoms with Crippen LogP contribution in [0.1, 0.15) is 70.4 Å². The van der Waals surface area contributed by atoms with Crippen molar-refractivity contribution in [1.29, 1.82) is 0 Å². The molecule has 2 aromatic rings. The SMILES string of the molecule is Cc1nc(C2CCCN(C(=O)c3cnc(C(C)C)[nH]3)C2)sc1C. The van der Waals surface area contributed by atoms with Crippen LogP contribution in [0.3, 0.4) is 0 Å². The number of rotatable bonds is 3. The Kier molecular flexibility index (Phi) is 4.53. The molecular formula is C17H24N4OS. The van der Waals surface area contributed by atoms with Gasteiger partial charge in [0.15, 0.2) is 0 Å². The van der Waals surface area contributed by atoms with Gasteiger partial charge < -0.3 is 9.88 Å². The van der Waals surface area contributed by atoms with Crippen molar-refractivity contribution in [3.05, 3.63) is 33.3 Å². The van der Waals surface area contributed by atoms with Crippen LogP contribution in [-0.4, -0.2) is 38.8 Å². The highest BCUT2D eigenvalue weighted by Gasteiger charge is 2.28. The summed E-state index contributed by atoms with van der Waals surface area (Å²) in [7, 11) is 0. The molecule has 0 radical (unpaired) electrons. The standard InChI is InChI=1S/C17H24N4OS/c1-10(2)15-18-8-14(20-15)17(22)21-7-5-6-13(9-21)16-19-11(3)12(4)23-16/h8,10,13H,5-7,9H2,1-4H3,(H,18,20). The van der Waals surface area contributed by atoms with E-state index in [1.165, 1.54) is 9.88 Å². The number of thiazole rings is 1. The average molecular weight is 332 g/mol. The molecule has 23 heavy (non-hydrogen) atoms. The fourth-order valence-corrected chi connectivity index (χ4v) is 3.99. The summed E-state index contributed by atoms with van der Waals surface area (Å²) >= 11 is 1.77. The molecule has 3 rings (SSSR count). The molecule has 1 amide bonds. The molecule has 0 saturated carbocycles. The lowest BCUT2D eigenvalue weighted by atomic mass is 9.98. The van der Waals surface area contributed by atoms with Crippen molar-refractivity contribution in [1.82, 2.24) is 19.9 Å². The van der Waals surface area contributed by atoms with Crippen molar-refractivity contribution in [2.75, 3.05) is 13.1 Å². The van der Waals surface area contributed by atoms with Gasteiger partial charge in [0.25, 0.3) is 5.91 Å². The number of hydrogen-bond acceptors (Lipinski definition) is 4. The lowest BCUT2D eigenvalue weighted by Crippen LogP contribution is -2.39. The second-order valence-electron chi connectivity index (χ2n) is 6.62. The van der Waals surface area contributed by atoms with Crippen molar-refractivity contribution in [3.63, 3.8) is 0 Å². The van der Waals surface area contributed by atoms with E-state index in [-0.39, 0.29) is 5.91 Å². The van der Waals surface area contributed by atoms with E-state index in [1.54, 1.807) is 17.5 Å². The first kappa shape index (κ1) is 16.2. The third-order valence-corrected chi connectivity index (χ3v) is 5.71. The molecule has 0 spiro atoms. The Labute approximate surface area is 141 Å². The summed E-state index contributed by atoms with van der Waals surface area (Å²) in [6, 6.07) is 0. The molecule has 0 aliphatic carbocycles. The topological polar surface area (TPSA) is 61.9 Å². The third kappa shape index (κ3) is 3.32. The maximum Gasteiger partial charge on any atom is 0.271 e. The third-order valence-electron chi connectivity index (χ3n) is 4.48. The number of amides is 1. The quantitative estimate of drug-likeness (QED) is 0.933. The van der Waals surface area contributed by atoms with Gasteiger partial charge >= 0.3 is 0 Å². The van der Waals surface area contributed by atoms with Crippen LogP contribution in [0, 0.1) is 13.8 Å². The minimum Gasteiger partial charge on any atom is -0.338 e. The van der Waals surface area contributed by atoms with Gasteiger partial charge in [-0.05, 0) is 26.7 Å². The van der Waals surface area contributed by atoms with Crippen LogP contribution in [0.5, 0.6) is 0 Å². The highest BCUT2D eigenvalue weighted by molar-refractivity contribution is 7.11. The summed E-state index contributed by atoms with van der Waals surface area (Å²) in [5.41, 5.74) is 1.71. The Hall–Kier alpha value is -1.69. The van der Waals surface area contributed by atoms with Crippen LogP contribution < -0.4 is 0 Å². The largest absolute Gasteiger partial charge is 0.338 e. The first-order valence-corrected chi connectivity index (χ1v) is 9.05. The second-order valence-corrected chi connectivity index (χ2v) is 7.86. The number of likely N-dealkylation sites (tertiary alicyclic amines) is 1. The molecule has 124 valence electrons. The van der Waals surface area contributed by atoms with Gasteiger partial charge in [-0.1, -0.05) is 13.8 Å². The number of imidazole rings is 1. The van der Waals surface area contributed by atoms with Gasteiger partial charge in [-0.25, -0.2) is 9.97 Å². The minimum absolute atomic E-state index is 0.0547. The predicted octanol–water partition coefficient (Wildman–Crippen LogP) is 3.63. The molecule has 1 atom stereocenters. The van der Waals surface area contributed by atoms with E-state index < -0.39 is 0 Å². The monoisotopic (exact) mass is 332 g/mol. The lowest BCUT2D eigenvalue weighted by molar-refractivity contribution is 0.0701. The molecule has 1 saturated heterocycles. The zero-order chi connectivity index (χ0) is 16.6. The fraction of sp³-hybridized carbons (Fsp3) is 0.588. The van der Waals surface area contributed by atoms with Crippen molar-refractivity contribution >= 4 is 17.2 Å². The Bertz CT molecular complexity index is 684. The van der Waals surface area contributed by atoms with Gasteiger partial charge in [0.05, 0.1) is 16.9 Å². The Balaban J connectivity index is 1.73. The number of carbonyl (C=O) groups is 1. The first-order chi connectivity index (χ1) is 11.0. The zero-order valence-electron chi connectivity index (χ0n) is 14.2. The maximum absolute atomic E-state index is 12.7. The minimum atomic E-state index is 0.0547. The van der Waals surface area contributed by atoms with Gasteiger partial charge in [0.1, 0.15) is 11.5 Å². The molecule has 1 fully saturated rings. The lowest BCUT2D eigenvalue weighted by Gasteiger charge is -2.31. The summed E-state index contributed by atoms with van der Waals surface area (Å²) in [5, 5.41) is 1.17. The second kappa shape index (κ2) is 6.43. The number of aromatic nitrogens is 3. The van der Waals surface area contributed by atoms with E-state index in [0.29, 0.717) is 17.5 Å². The molecular weight excluding hydrogens is 308 g/mol. The normalized spacial score (nSPS) is 18.7. The van der Waals surface area contributed by atoms with Gasteiger partial charge in [-0.2, -0.15) is 0 Å². The van der Waals surface area contributed by atoms with Crippen LogP contribution in [0.15, 0.2) is 6.20 Å². The summed E-state index contributed by atoms with van der Waals surface area (Å²) in [6.45, 7) is 9.86. The Morgan fingerprint density at radius 2 is 2.22 bits per heavy atom. The van der Waals surface area contributed by atoms with Crippen molar-refractivity contribution in [2.45, 2.75) is 52.4 Å². The zero-order valence-corrected chi connectivity index (χ0v) is 15.0. The van der Waals surface area contributed by atoms with Crippen molar-refractivity contribution in [2.24, 2.45) is 0 Å². The van der Waals surface area contributed by atoms with Gasteiger partial charge in [0, 0.05) is 29.8 Å². The highest BCUT2D eigenvalue weighted by atomic mass is 32.1. The maximum atomic E-state index is 12.7.